The van der Waals surface area contributed by atoms with Crippen molar-refractivity contribution >= 4 is 17.4 Å². The van der Waals surface area contributed by atoms with Crippen LogP contribution in [0.2, 0.25) is 0 Å². The van der Waals surface area contributed by atoms with Crippen LogP contribution in [0.3, 0.4) is 0 Å². The van der Waals surface area contributed by atoms with Crippen molar-refractivity contribution < 1.29 is 27.4 Å². The van der Waals surface area contributed by atoms with Gasteiger partial charge in [0.15, 0.2) is 22.9 Å². The van der Waals surface area contributed by atoms with Crippen molar-refractivity contribution in [2.24, 2.45) is 0 Å². The number of alkyl halides is 2. The van der Waals surface area contributed by atoms with Crippen LogP contribution >= 0.6 is 0 Å². The molecule has 34 heavy (non-hydrogen) atoms. The number of rotatable bonds is 6. The van der Waals surface area contributed by atoms with Gasteiger partial charge in [-0.25, -0.2) is 13.2 Å². The van der Waals surface area contributed by atoms with Gasteiger partial charge in [-0.1, -0.05) is 36.4 Å². The van der Waals surface area contributed by atoms with E-state index in [0.29, 0.717) is 5.56 Å². The molecule has 2 aliphatic rings. The Labute approximate surface area is 193 Å². The summed E-state index contributed by atoms with van der Waals surface area (Å²) in [5.41, 5.74) is -0.408. The monoisotopic (exact) mass is 470 g/mol. The molecule has 10 heteroatoms. The fourth-order valence-electron chi connectivity index (χ4n) is 4.56. The van der Waals surface area contributed by atoms with Crippen LogP contribution in [-0.4, -0.2) is 47.8 Å². The van der Waals surface area contributed by atoms with Gasteiger partial charge in [0.25, 0.3) is 12.3 Å². The maximum Gasteiger partial charge on any atom is 0.270 e. The van der Waals surface area contributed by atoms with Crippen LogP contribution in [0, 0.1) is 5.82 Å². The second-order valence-electron chi connectivity index (χ2n) is 8.20. The van der Waals surface area contributed by atoms with Crippen molar-refractivity contribution in [3.05, 3.63) is 66.0 Å². The Kier molecular flexibility index (Phi) is 5.60. The average molecular weight is 470 g/mol. The quantitative estimate of drug-likeness (QED) is 0.586. The molecule has 0 radical (unpaired) electrons. The van der Waals surface area contributed by atoms with Crippen LogP contribution in [0.5, 0.6) is 5.75 Å². The van der Waals surface area contributed by atoms with E-state index in [4.69, 9.17) is 9.47 Å². The van der Waals surface area contributed by atoms with Gasteiger partial charge in [-0.05, 0) is 23.8 Å². The Morgan fingerprint density at radius 3 is 2.71 bits per heavy atom. The highest BCUT2D eigenvalue weighted by Gasteiger charge is 2.61. The van der Waals surface area contributed by atoms with E-state index in [9.17, 15) is 18.0 Å². The summed E-state index contributed by atoms with van der Waals surface area (Å²) < 4.78 is 54.3. The van der Waals surface area contributed by atoms with Gasteiger partial charge in [-0.3, -0.25) is 4.79 Å². The van der Waals surface area contributed by atoms with E-state index in [1.165, 1.54) is 30.2 Å². The number of carbonyl (C=O) groups is 1. The average Bonchev–Trinajstić information content (AvgIpc) is 3.25. The first-order valence-electron chi connectivity index (χ1n) is 10.7. The normalized spacial score (nSPS) is 21.3. The van der Waals surface area contributed by atoms with Crippen LogP contribution in [0.15, 0.2) is 54.6 Å². The molecule has 2 unspecified atom stereocenters. The number of nitrogens with one attached hydrogen (secondary N) is 1. The first-order chi connectivity index (χ1) is 16.4. The van der Waals surface area contributed by atoms with Crippen LogP contribution < -0.4 is 15.0 Å². The summed E-state index contributed by atoms with van der Waals surface area (Å²) >= 11 is 0. The van der Waals surface area contributed by atoms with E-state index in [0.717, 1.165) is 5.56 Å². The molecule has 0 spiro atoms. The summed E-state index contributed by atoms with van der Waals surface area (Å²) in [5.74, 6) is -1.43. The topological polar surface area (TPSA) is 76.6 Å². The Hall–Kier alpha value is -3.66. The van der Waals surface area contributed by atoms with Gasteiger partial charge in [-0.2, -0.15) is 0 Å². The van der Waals surface area contributed by atoms with Gasteiger partial charge in [0.1, 0.15) is 0 Å². The van der Waals surface area contributed by atoms with Crippen LogP contribution in [-0.2, 0) is 16.1 Å². The summed E-state index contributed by atoms with van der Waals surface area (Å²) in [4.78, 5) is 14.2. The van der Waals surface area contributed by atoms with Crippen molar-refractivity contribution in [2.45, 2.75) is 31.1 Å². The lowest BCUT2D eigenvalue weighted by Gasteiger charge is -2.41. The van der Waals surface area contributed by atoms with Gasteiger partial charge in [-0.15, -0.1) is 10.2 Å². The SMILES string of the molecule is COc1c(F)cccc1-c1cc2c(nn1)NC(=O)C1(C(F)F)CC(OCc3ccccc3)CN21. The highest BCUT2D eigenvalue weighted by atomic mass is 19.3. The minimum atomic E-state index is -2.98. The van der Waals surface area contributed by atoms with Crippen molar-refractivity contribution in [2.75, 3.05) is 23.9 Å². The molecule has 0 aliphatic carbocycles. The smallest absolute Gasteiger partial charge is 0.270 e. The number of amides is 1. The molecular formula is C24H21F3N4O3. The second kappa shape index (κ2) is 8.60. The molecule has 3 heterocycles. The number of hydrogen-bond donors (Lipinski definition) is 1. The van der Waals surface area contributed by atoms with Crippen LogP contribution in [0.4, 0.5) is 24.7 Å². The minimum Gasteiger partial charge on any atom is -0.493 e. The summed E-state index contributed by atoms with van der Waals surface area (Å²) in [6.45, 7) is 0.288. The predicted molar refractivity (Wildman–Crippen MR) is 118 cm³/mol. The maximum atomic E-state index is 14.5. The van der Waals surface area contributed by atoms with Gasteiger partial charge in [0, 0.05) is 18.5 Å². The molecule has 2 aliphatic heterocycles. The van der Waals surface area contributed by atoms with Crippen LogP contribution in [0.1, 0.15) is 12.0 Å². The standard InChI is InChI=1S/C24H21F3N4O3/c1-33-20-16(8-5-9-17(20)25)18-10-19-21(30-29-18)28-23(32)24(22(26)27)11-15(12-31(19)24)34-13-14-6-3-2-4-7-14/h2-10,15,22H,11-13H2,1H3,(H,28,30,32). The van der Waals surface area contributed by atoms with Gasteiger partial charge in [0.2, 0.25) is 0 Å². The fourth-order valence-corrected chi connectivity index (χ4v) is 4.56. The van der Waals surface area contributed by atoms with E-state index in [2.05, 4.69) is 15.5 Å². The Morgan fingerprint density at radius 2 is 1.97 bits per heavy atom. The third kappa shape index (κ3) is 3.54. The molecule has 1 saturated heterocycles. The molecular weight excluding hydrogens is 449 g/mol. The number of anilines is 2. The molecule has 1 aromatic heterocycles. The predicted octanol–water partition coefficient (Wildman–Crippen LogP) is 4.04. The molecule has 0 bridgehead atoms. The molecule has 2 atom stereocenters. The number of carbonyl (C=O) groups excluding carboxylic acids is 1. The van der Waals surface area contributed by atoms with Gasteiger partial charge in [0.05, 0.1) is 31.2 Å². The van der Waals surface area contributed by atoms with E-state index in [-0.39, 0.29) is 42.5 Å². The highest BCUT2D eigenvalue weighted by Crippen LogP contribution is 2.47. The molecule has 5 rings (SSSR count). The Balaban J connectivity index is 1.52. The molecule has 176 valence electrons. The molecule has 1 amide bonds. The number of hydrogen-bond acceptors (Lipinski definition) is 6. The Bertz CT molecular complexity index is 1230. The summed E-state index contributed by atoms with van der Waals surface area (Å²) in [6, 6.07) is 15.2. The number of halogens is 3. The number of fused-ring (bicyclic) bond motifs is 3. The first kappa shape index (κ1) is 22.1. The van der Waals surface area contributed by atoms with Crippen molar-refractivity contribution in [3.8, 4) is 17.0 Å². The lowest BCUT2D eigenvalue weighted by atomic mass is 9.92. The number of aromatic nitrogens is 2. The lowest BCUT2D eigenvalue weighted by Crippen LogP contribution is -2.61. The largest absolute Gasteiger partial charge is 0.493 e. The molecule has 1 N–H and O–H groups in total. The molecule has 0 saturated carbocycles. The Morgan fingerprint density at radius 1 is 1.18 bits per heavy atom. The molecule has 1 fully saturated rings. The molecule has 7 nitrogen and oxygen atoms in total. The summed E-state index contributed by atoms with van der Waals surface area (Å²) in [5, 5.41) is 10.6. The zero-order valence-corrected chi connectivity index (χ0v) is 18.2. The van der Waals surface area contributed by atoms with Crippen LogP contribution in [0.25, 0.3) is 11.3 Å². The number of ether oxygens (including phenoxy) is 2. The van der Waals surface area contributed by atoms with Crippen molar-refractivity contribution in [1.82, 2.24) is 10.2 Å². The van der Waals surface area contributed by atoms with E-state index in [1.807, 2.05) is 30.3 Å². The number of para-hydroxylation sites is 1. The third-order valence-corrected chi connectivity index (χ3v) is 6.23. The van der Waals surface area contributed by atoms with Gasteiger partial charge >= 0.3 is 0 Å². The minimum absolute atomic E-state index is 0.0396. The number of methoxy groups -OCH3 is 1. The number of benzene rings is 2. The second-order valence-corrected chi connectivity index (χ2v) is 8.20. The summed E-state index contributed by atoms with van der Waals surface area (Å²) in [7, 11) is 1.32. The zero-order chi connectivity index (χ0) is 23.9. The lowest BCUT2D eigenvalue weighted by molar-refractivity contribution is -0.127. The third-order valence-electron chi connectivity index (χ3n) is 6.23. The van der Waals surface area contributed by atoms with Crippen molar-refractivity contribution in [1.29, 1.82) is 0 Å². The fraction of sp³-hybridized carbons (Fsp3) is 0.292. The van der Waals surface area contributed by atoms with E-state index >= 15 is 0 Å². The summed E-state index contributed by atoms with van der Waals surface area (Å²) in [6.07, 6.45) is -3.79. The van der Waals surface area contributed by atoms with Crippen molar-refractivity contribution in [3.63, 3.8) is 0 Å². The first-order valence-corrected chi connectivity index (χ1v) is 10.7. The highest BCUT2D eigenvalue weighted by molar-refractivity contribution is 6.07. The zero-order valence-electron chi connectivity index (χ0n) is 18.2. The van der Waals surface area contributed by atoms with E-state index in [1.54, 1.807) is 6.07 Å². The molecule has 3 aromatic rings. The van der Waals surface area contributed by atoms with Gasteiger partial charge < -0.3 is 19.7 Å². The van der Waals surface area contributed by atoms with E-state index < -0.39 is 29.8 Å². The molecule has 2 aromatic carbocycles. The number of nitrogens with zero attached hydrogens (tertiary/aromatic N) is 3. The maximum absolute atomic E-state index is 14.5.